The van der Waals surface area contributed by atoms with Crippen molar-refractivity contribution in [1.82, 2.24) is 10.6 Å². The van der Waals surface area contributed by atoms with E-state index in [0.717, 1.165) is 17.0 Å². The molecular formula is C45H33N3. The number of fused-ring (bicyclic) bond motifs is 4. The Morgan fingerprint density at radius 2 is 1.08 bits per heavy atom. The second kappa shape index (κ2) is 12.0. The molecule has 0 aliphatic carbocycles. The van der Waals surface area contributed by atoms with Crippen molar-refractivity contribution in [3.8, 4) is 22.3 Å². The number of hydrogen-bond acceptors (Lipinski definition) is 3. The van der Waals surface area contributed by atoms with E-state index in [4.69, 9.17) is 4.99 Å². The highest BCUT2D eigenvalue weighted by Crippen LogP contribution is 2.38. The molecule has 9 rings (SSSR count). The van der Waals surface area contributed by atoms with Crippen LogP contribution in [-0.4, -0.2) is 5.84 Å². The van der Waals surface area contributed by atoms with Crippen LogP contribution in [0.5, 0.6) is 0 Å². The molecule has 2 atom stereocenters. The molecule has 0 fully saturated rings. The third-order valence-corrected chi connectivity index (χ3v) is 9.54. The maximum absolute atomic E-state index is 5.46. The molecule has 1 heterocycles. The lowest BCUT2D eigenvalue weighted by atomic mass is 9.91. The number of aliphatic imine (C=N–C) groups is 1. The van der Waals surface area contributed by atoms with E-state index in [9.17, 15) is 0 Å². The van der Waals surface area contributed by atoms with Gasteiger partial charge in [-0.25, -0.2) is 4.99 Å². The van der Waals surface area contributed by atoms with Crippen molar-refractivity contribution in [1.29, 1.82) is 0 Å². The quantitative estimate of drug-likeness (QED) is 0.149. The van der Waals surface area contributed by atoms with E-state index in [-0.39, 0.29) is 12.3 Å². The van der Waals surface area contributed by atoms with Crippen LogP contribution in [0.3, 0.4) is 0 Å². The molecule has 0 aromatic heterocycles. The van der Waals surface area contributed by atoms with Gasteiger partial charge in [-0.1, -0.05) is 164 Å². The summed E-state index contributed by atoms with van der Waals surface area (Å²) in [5.41, 5.74) is 8.15. The molecule has 48 heavy (non-hydrogen) atoms. The standard InChI is InChI=1S/C45H33N3/c1-4-14-30(15-5-1)34-25-26-37(31-16-6-2-7-17-31)41(28-34)44-46-43(33-19-8-3-9-20-33)47-45(48-44)42-38-23-13-11-21-35(38)29-40-36-22-12-10-18-32(36)24-27-39(40)42/h1-29,43-44,46H,(H,47,48). The van der Waals surface area contributed by atoms with Crippen LogP contribution in [0.2, 0.25) is 0 Å². The Hall–Kier alpha value is -6.03. The van der Waals surface area contributed by atoms with E-state index in [1.807, 2.05) is 0 Å². The first-order valence-corrected chi connectivity index (χ1v) is 16.5. The van der Waals surface area contributed by atoms with Crippen LogP contribution in [0.4, 0.5) is 0 Å². The van der Waals surface area contributed by atoms with Gasteiger partial charge < -0.3 is 5.32 Å². The van der Waals surface area contributed by atoms with E-state index in [1.54, 1.807) is 0 Å². The first-order valence-electron chi connectivity index (χ1n) is 16.5. The monoisotopic (exact) mass is 615 g/mol. The van der Waals surface area contributed by atoms with Crippen molar-refractivity contribution in [2.75, 3.05) is 0 Å². The normalized spacial score (nSPS) is 16.1. The number of hydrogen-bond donors (Lipinski definition) is 2. The van der Waals surface area contributed by atoms with Crippen molar-refractivity contribution in [2.24, 2.45) is 4.99 Å². The summed E-state index contributed by atoms with van der Waals surface area (Å²) in [4.78, 5) is 5.46. The molecule has 1 aliphatic rings. The third-order valence-electron chi connectivity index (χ3n) is 9.54. The summed E-state index contributed by atoms with van der Waals surface area (Å²) < 4.78 is 0. The van der Waals surface area contributed by atoms with E-state index in [1.165, 1.54) is 60.1 Å². The van der Waals surface area contributed by atoms with Crippen molar-refractivity contribution in [2.45, 2.75) is 12.3 Å². The lowest BCUT2D eigenvalue weighted by Crippen LogP contribution is -2.45. The fourth-order valence-electron chi connectivity index (χ4n) is 7.22. The first kappa shape index (κ1) is 28.2. The van der Waals surface area contributed by atoms with E-state index < -0.39 is 0 Å². The van der Waals surface area contributed by atoms with Crippen LogP contribution in [-0.2, 0) is 0 Å². The van der Waals surface area contributed by atoms with Gasteiger partial charge >= 0.3 is 0 Å². The summed E-state index contributed by atoms with van der Waals surface area (Å²) in [5.74, 6) is 0.883. The Morgan fingerprint density at radius 1 is 0.438 bits per heavy atom. The molecule has 2 N–H and O–H groups in total. The van der Waals surface area contributed by atoms with Crippen LogP contribution in [0.25, 0.3) is 54.6 Å². The maximum atomic E-state index is 5.46. The number of rotatable bonds is 5. The van der Waals surface area contributed by atoms with E-state index in [2.05, 4.69) is 187 Å². The average Bonchev–Trinajstić information content (AvgIpc) is 3.17. The Balaban J connectivity index is 1.29. The minimum Gasteiger partial charge on any atom is -0.350 e. The summed E-state index contributed by atoms with van der Waals surface area (Å²) in [5, 5.41) is 15.1. The van der Waals surface area contributed by atoms with E-state index >= 15 is 0 Å². The van der Waals surface area contributed by atoms with Gasteiger partial charge in [-0.15, -0.1) is 0 Å². The Labute approximate surface area is 280 Å². The Morgan fingerprint density at radius 3 is 1.85 bits per heavy atom. The molecule has 0 radical (unpaired) electrons. The largest absolute Gasteiger partial charge is 0.350 e. The molecule has 3 heteroatoms. The Bertz CT molecular complexity index is 2450. The van der Waals surface area contributed by atoms with Crippen LogP contribution in [0, 0.1) is 0 Å². The number of benzene rings is 8. The zero-order valence-corrected chi connectivity index (χ0v) is 26.3. The summed E-state index contributed by atoms with van der Waals surface area (Å²) in [6.45, 7) is 0. The highest BCUT2D eigenvalue weighted by molar-refractivity contribution is 6.24. The first-order chi connectivity index (χ1) is 23.8. The van der Waals surface area contributed by atoms with Crippen LogP contribution >= 0.6 is 0 Å². The molecular weight excluding hydrogens is 583 g/mol. The predicted molar refractivity (Wildman–Crippen MR) is 201 cm³/mol. The lowest BCUT2D eigenvalue weighted by Gasteiger charge is -2.34. The molecule has 0 bridgehead atoms. The minimum atomic E-state index is -0.258. The van der Waals surface area contributed by atoms with Crippen LogP contribution in [0.1, 0.15) is 29.0 Å². The van der Waals surface area contributed by atoms with Crippen LogP contribution in [0.15, 0.2) is 181 Å². The van der Waals surface area contributed by atoms with Crippen molar-refractivity contribution >= 4 is 38.2 Å². The predicted octanol–water partition coefficient (Wildman–Crippen LogP) is 10.8. The summed E-state index contributed by atoms with van der Waals surface area (Å²) in [6.07, 6.45) is -0.484. The smallest absolute Gasteiger partial charge is 0.133 e. The molecule has 228 valence electrons. The molecule has 0 saturated carbocycles. The maximum Gasteiger partial charge on any atom is 0.133 e. The van der Waals surface area contributed by atoms with Gasteiger partial charge in [0.05, 0.1) is 0 Å². The zero-order valence-electron chi connectivity index (χ0n) is 26.3. The number of nitrogens with one attached hydrogen (secondary N) is 2. The molecule has 8 aromatic carbocycles. The highest BCUT2D eigenvalue weighted by atomic mass is 15.3. The Kier molecular flexibility index (Phi) is 7.03. The average molecular weight is 616 g/mol. The van der Waals surface area contributed by atoms with Gasteiger partial charge in [-0.3, -0.25) is 5.32 Å². The molecule has 1 aliphatic heterocycles. The van der Waals surface area contributed by atoms with Gasteiger partial charge in [0, 0.05) is 5.56 Å². The topological polar surface area (TPSA) is 36.4 Å². The van der Waals surface area contributed by atoms with Gasteiger partial charge in [-0.05, 0) is 77.8 Å². The van der Waals surface area contributed by atoms with Gasteiger partial charge in [-0.2, -0.15) is 0 Å². The SMILES string of the molecule is c1ccc(-c2ccc(-c3ccccc3)c(C3NC(c4c5ccccc5cc5c4ccc4ccccc45)=NC(c4ccccc4)N3)c2)cc1. The summed E-state index contributed by atoms with van der Waals surface area (Å²) in [6, 6.07) is 62.9. The van der Waals surface area contributed by atoms with Crippen LogP contribution < -0.4 is 10.6 Å². The van der Waals surface area contributed by atoms with Gasteiger partial charge in [0.15, 0.2) is 0 Å². The molecule has 0 saturated heterocycles. The second-order valence-corrected chi connectivity index (χ2v) is 12.4. The molecule has 3 nitrogen and oxygen atoms in total. The van der Waals surface area contributed by atoms with Gasteiger partial charge in [0.1, 0.15) is 18.2 Å². The van der Waals surface area contributed by atoms with Crippen molar-refractivity contribution in [3.05, 3.63) is 193 Å². The number of nitrogens with zero attached hydrogens (tertiary/aromatic N) is 1. The molecule has 0 amide bonds. The summed E-state index contributed by atoms with van der Waals surface area (Å²) in [7, 11) is 0. The summed E-state index contributed by atoms with van der Waals surface area (Å²) >= 11 is 0. The molecule has 0 spiro atoms. The van der Waals surface area contributed by atoms with Crippen molar-refractivity contribution in [3.63, 3.8) is 0 Å². The fraction of sp³-hybridized carbons (Fsp3) is 0.0444. The minimum absolute atomic E-state index is 0.226. The van der Waals surface area contributed by atoms with E-state index in [0.29, 0.717) is 0 Å². The molecule has 2 unspecified atom stereocenters. The fourth-order valence-corrected chi connectivity index (χ4v) is 7.22. The third kappa shape index (κ3) is 5.02. The second-order valence-electron chi connectivity index (χ2n) is 12.4. The highest BCUT2D eigenvalue weighted by Gasteiger charge is 2.29. The van der Waals surface area contributed by atoms with Gasteiger partial charge in [0.2, 0.25) is 0 Å². The number of amidine groups is 1. The van der Waals surface area contributed by atoms with Gasteiger partial charge in [0.25, 0.3) is 0 Å². The lowest BCUT2D eigenvalue weighted by molar-refractivity contribution is 0.410. The van der Waals surface area contributed by atoms with Crippen molar-refractivity contribution < 1.29 is 0 Å². The molecule has 8 aromatic rings. The zero-order chi connectivity index (χ0) is 31.9.